The number of hydrogen-bond acceptors (Lipinski definition) is 13. The summed E-state index contributed by atoms with van der Waals surface area (Å²) in [7, 11) is -16.9. The molecule has 0 radical (unpaired) electrons. The van der Waals surface area contributed by atoms with Crippen molar-refractivity contribution in [3.05, 3.63) is 48.2 Å². The van der Waals surface area contributed by atoms with Crippen molar-refractivity contribution in [1.82, 2.24) is 19.5 Å². The Morgan fingerprint density at radius 3 is 2.42 bits per heavy atom. The van der Waals surface area contributed by atoms with E-state index in [2.05, 4.69) is 39.9 Å². The lowest BCUT2D eigenvalue weighted by Crippen LogP contribution is -2.44. The molecule has 1 fully saturated rings. The molecule has 4 heterocycles. The second-order valence-electron chi connectivity index (χ2n) is 8.48. The highest BCUT2D eigenvalue weighted by atomic mass is 31.3. The lowest BCUT2D eigenvalue weighted by atomic mass is 9.96. The number of fused-ring (bicyclic) bond motifs is 1. The van der Waals surface area contributed by atoms with Gasteiger partial charge in [-0.05, 0) is 19.1 Å². The van der Waals surface area contributed by atoms with E-state index in [-0.39, 0.29) is 11.5 Å². The van der Waals surface area contributed by atoms with E-state index in [1.165, 1.54) is 17.7 Å². The van der Waals surface area contributed by atoms with Crippen molar-refractivity contribution >= 4 is 40.3 Å². The van der Waals surface area contributed by atoms with E-state index in [9.17, 15) is 33.7 Å². The minimum absolute atomic E-state index is 0.0603. The fourth-order valence-corrected chi connectivity index (χ4v) is 6.84. The van der Waals surface area contributed by atoms with Crippen molar-refractivity contribution in [1.29, 1.82) is 0 Å². The van der Waals surface area contributed by atoms with Crippen molar-refractivity contribution in [2.75, 3.05) is 12.3 Å². The third kappa shape index (κ3) is 6.82. The summed E-state index contributed by atoms with van der Waals surface area (Å²) in [6.45, 7) is 0.203. The summed E-state index contributed by atoms with van der Waals surface area (Å²) in [4.78, 5) is 48.3. The Balaban J connectivity index is 1.60. The highest BCUT2D eigenvalue weighted by molar-refractivity contribution is 7.66. The van der Waals surface area contributed by atoms with Crippen LogP contribution in [0.5, 0.6) is 0 Å². The Labute approximate surface area is 224 Å². The number of pyridine rings is 1. The van der Waals surface area contributed by atoms with Crippen LogP contribution < -0.4 is 5.73 Å². The van der Waals surface area contributed by atoms with Crippen LogP contribution in [0.15, 0.2) is 37.1 Å². The van der Waals surface area contributed by atoms with Crippen LogP contribution >= 0.6 is 23.5 Å². The molecular weight excluding hydrogens is 599 g/mol. The number of phosphoric ester groups is 1. The van der Waals surface area contributed by atoms with Crippen molar-refractivity contribution in [3.8, 4) is 11.8 Å². The van der Waals surface area contributed by atoms with Crippen molar-refractivity contribution < 1.29 is 61.4 Å². The first kappa shape index (κ1) is 30.4. The lowest BCUT2D eigenvalue weighted by molar-refractivity contribution is -0.0947. The van der Waals surface area contributed by atoms with E-state index in [4.69, 9.17) is 20.3 Å². The maximum absolute atomic E-state index is 12.1. The summed E-state index contributed by atoms with van der Waals surface area (Å²) in [5.41, 5.74) is 5.12. The van der Waals surface area contributed by atoms with Crippen molar-refractivity contribution in [2.24, 2.45) is 0 Å². The minimum Gasteiger partial charge on any atom is -0.387 e. The molecule has 0 spiro atoms. The number of nitrogens with zero attached hydrogens (tertiary/aromatic N) is 4. The third-order valence-electron chi connectivity index (χ3n) is 5.49. The lowest BCUT2D eigenvalue weighted by Gasteiger charge is -2.27. The molecule has 0 aliphatic carbocycles. The molecule has 216 valence electrons. The van der Waals surface area contributed by atoms with Crippen LogP contribution in [0.2, 0.25) is 0 Å². The normalized spacial score (nSPS) is 26.1. The number of nitrogen functional groups attached to an aromatic ring is 1. The first-order valence-electron chi connectivity index (χ1n) is 10.9. The summed E-state index contributed by atoms with van der Waals surface area (Å²) in [5, 5.41) is 22.1. The molecule has 1 aliphatic rings. The van der Waals surface area contributed by atoms with E-state index in [1.54, 1.807) is 24.5 Å². The molecule has 4 rings (SSSR count). The molecule has 0 aromatic carbocycles. The molecule has 3 aromatic heterocycles. The molecular formula is C19H22N5O13P3. The van der Waals surface area contributed by atoms with Gasteiger partial charge in [-0.15, -0.1) is 0 Å². The minimum atomic E-state index is -5.76. The summed E-state index contributed by atoms with van der Waals surface area (Å²) in [6.07, 6.45) is 1.00. The van der Waals surface area contributed by atoms with E-state index in [0.717, 1.165) is 6.33 Å². The maximum atomic E-state index is 12.1. The number of phosphoric acid groups is 3. The van der Waals surface area contributed by atoms with Crippen molar-refractivity contribution in [2.45, 2.75) is 31.0 Å². The SMILES string of the molecule is C[C@@]1(O)[C@H](O)[C@@H](COP(=O)(O)OP(=O)(O)OP(=O)(O)O)O[C@H]1n1cc(C#Cc2ccncc2)c2c(N)ncnc21. The Hall–Kier alpha value is -2.58. The summed E-state index contributed by atoms with van der Waals surface area (Å²) >= 11 is 0. The molecule has 21 heteroatoms. The number of aromatic nitrogens is 4. The van der Waals surface area contributed by atoms with E-state index in [1.807, 2.05) is 0 Å². The van der Waals surface area contributed by atoms with Crippen LogP contribution in [0.4, 0.5) is 5.82 Å². The van der Waals surface area contributed by atoms with E-state index >= 15 is 0 Å². The van der Waals surface area contributed by atoms with Crippen LogP contribution in [0.25, 0.3) is 11.0 Å². The number of rotatable bonds is 8. The summed E-state index contributed by atoms with van der Waals surface area (Å²) < 4.78 is 53.3. The molecule has 6 atom stereocenters. The predicted molar refractivity (Wildman–Crippen MR) is 133 cm³/mol. The number of ether oxygens (including phenoxy) is 1. The number of nitrogens with two attached hydrogens (primary N) is 1. The van der Waals surface area contributed by atoms with Gasteiger partial charge >= 0.3 is 23.5 Å². The van der Waals surface area contributed by atoms with Gasteiger partial charge in [0.15, 0.2) is 6.23 Å². The first-order chi connectivity index (χ1) is 18.5. The van der Waals surface area contributed by atoms with Gasteiger partial charge in [-0.2, -0.15) is 8.62 Å². The van der Waals surface area contributed by atoms with Crippen LogP contribution in [0.1, 0.15) is 24.3 Å². The Morgan fingerprint density at radius 2 is 1.77 bits per heavy atom. The molecule has 8 N–H and O–H groups in total. The molecule has 2 unspecified atom stereocenters. The smallest absolute Gasteiger partial charge is 0.387 e. The van der Waals surface area contributed by atoms with Gasteiger partial charge < -0.3 is 44.8 Å². The van der Waals surface area contributed by atoms with Crippen molar-refractivity contribution in [3.63, 3.8) is 0 Å². The quantitative estimate of drug-likeness (QED) is 0.130. The number of anilines is 1. The van der Waals surface area contributed by atoms with E-state index in [0.29, 0.717) is 16.5 Å². The van der Waals surface area contributed by atoms with Gasteiger partial charge in [-0.25, -0.2) is 23.7 Å². The Morgan fingerprint density at radius 1 is 1.10 bits per heavy atom. The standard InChI is InChI=1S/C19H22N5O13P3/c1-19(26)15(25)13(9-34-39(30,31)37-40(32,33)36-38(27,28)29)35-18(19)24-8-12(3-2-11-4-6-21-7-5-11)14-16(20)22-10-23-17(14)24/h4-8,10,13,15,18,25-26H,9H2,1H3,(H,30,31)(H,32,33)(H2,20,22,23)(H2,27,28,29)/t13-,15-,18-,19-/m1/s1. The highest BCUT2D eigenvalue weighted by Gasteiger charge is 2.54. The summed E-state index contributed by atoms with van der Waals surface area (Å²) in [6, 6.07) is 3.35. The predicted octanol–water partition coefficient (Wildman–Crippen LogP) is 0.161. The van der Waals surface area contributed by atoms with Gasteiger partial charge in [0.25, 0.3) is 0 Å². The average molecular weight is 621 g/mol. The second-order valence-corrected chi connectivity index (χ2v) is 12.9. The average Bonchev–Trinajstić information content (AvgIpc) is 3.30. The van der Waals surface area contributed by atoms with Gasteiger partial charge in [0.1, 0.15) is 35.6 Å². The third-order valence-corrected chi connectivity index (χ3v) is 9.29. The molecule has 1 aliphatic heterocycles. The van der Waals surface area contributed by atoms with Gasteiger partial charge in [0.05, 0.1) is 17.6 Å². The monoisotopic (exact) mass is 621 g/mol. The summed E-state index contributed by atoms with van der Waals surface area (Å²) in [5.74, 6) is 5.92. The van der Waals surface area contributed by atoms with Gasteiger partial charge in [-0.3, -0.25) is 9.51 Å². The van der Waals surface area contributed by atoms with Gasteiger partial charge in [0.2, 0.25) is 0 Å². The number of aliphatic hydroxyl groups is 2. The molecule has 0 saturated carbocycles. The second kappa shape index (κ2) is 11.0. The fourth-order valence-electron chi connectivity index (χ4n) is 3.81. The maximum Gasteiger partial charge on any atom is 0.490 e. The molecule has 18 nitrogen and oxygen atoms in total. The first-order valence-corrected chi connectivity index (χ1v) is 15.4. The zero-order valence-corrected chi connectivity index (χ0v) is 22.8. The fraction of sp³-hybridized carbons (Fsp3) is 0.316. The van der Waals surface area contributed by atoms with E-state index < -0.39 is 54.1 Å². The Bertz CT molecular complexity index is 1620. The zero-order chi connectivity index (χ0) is 29.5. The molecule has 0 bridgehead atoms. The topological polar surface area (TPSA) is 279 Å². The highest BCUT2D eigenvalue weighted by Crippen LogP contribution is 2.66. The van der Waals surface area contributed by atoms with Crippen LogP contribution in [-0.2, 0) is 31.6 Å². The number of aliphatic hydroxyl groups excluding tert-OH is 1. The van der Waals surface area contributed by atoms with Gasteiger partial charge in [-0.1, -0.05) is 11.8 Å². The largest absolute Gasteiger partial charge is 0.490 e. The molecule has 1 saturated heterocycles. The van der Waals surface area contributed by atoms with Crippen LogP contribution in [0.3, 0.4) is 0 Å². The van der Waals surface area contributed by atoms with Crippen LogP contribution in [-0.4, -0.2) is 73.7 Å². The van der Waals surface area contributed by atoms with Crippen LogP contribution in [0, 0.1) is 11.8 Å². The molecule has 3 aromatic rings. The number of hydrogen-bond donors (Lipinski definition) is 7. The molecule has 40 heavy (non-hydrogen) atoms. The molecule has 0 amide bonds. The Kier molecular flexibility index (Phi) is 8.36. The zero-order valence-electron chi connectivity index (χ0n) is 20.2. The van der Waals surface area contributed by atoms with Gasteiger partial charge in [0, 0.05) is 24.2 Å².